The highest BCUT2D eigenvalue weighted by Gasteiger charge is 2.14. The quantitative estimate of drug-likeness (QED) is 0.449. The van der Waals surface area contributed by atoms with Crippen molar-refractivity contribution >= 4 is 40.2 Å². The molecule has 0 unspecified atom stereocenters. The van der Waals surface area contributed by atoms with Crippen LogP contribution < -0.4 is 14.8 Å². The molecule has 2 rings (SSSR count). The molecule has 0 saturated heterocycles. The third-order valence-corrected chi connectivity index (χ3v) is 3.92. The highest BCUT2D eigenvalue weighted by Crippen LogP contribution is 2.26. The van der Waals surface area contributed by atoms with Crippen LogP contribution in [0.5, 0.6) is 11.5 Å². The second kappa shape index (κ2) is 7.96. The van der Waals surface area contributed by atoms with Crippen LogP contribution in [0.25, 0.3) is 0 Å². The fraction of sp³-hybridized carbons (Fsp3) is 0.176. The summed E-state index contributed by atoms with van der Waals surface area (Å²) >= 11 is 2.09. The fourth-order valence-electron chi connectivity index (χ4n) is 1.85. The zero-order valence-corrected chi connectivity index (χ0v) is 14.9. The zero-order chi connectivity index (χ0) is 16.8. The predicted molar refractivity (Wildman–Crippen MR) is 96.0 cm³/mol. The summed E-state index contributed by atoms with van der Waals surface area (Å²) in [7, 11) is 1.57. The summed E-state index contributed by atoms with van der Waals surface area (Å²) in [4.78, 5) is 23.8. The lowest BCUT2D eigenvalue weighted by Crippen LogP contribution is -2.14. The molecule has 1 amide bonds. The number of esters is 1. The van der Waals surface area contributed by atoms with Crippen LogP contribution in [0.2, 0.25) is 0 Å². The van der Waals surface area contributed by atoms with E-state index in [1.807, 2.05) is 0 Å². The average Bonchev–Trinajstić information content (AvgIpc) is 2.56. The van der Waals surface area contributed by atoms with Crippen molar-refractivity contribution in [1.82, 2.24) is 0 Å². The molecule has 0 radical (unpaired) electrons. The number of rotatable bonds is 5. The molecule has 0 heterocycles. The monoisotopic (exact) mass is 425 g/mol. The van der Waals surface area contributed by atoms with Gasteiger partial charge in [0.2, 0.25) is 5.91 Å². The number of anilines is 1. The number of amides is 1. The molecule has 0 saturated carbocycles. The Bertz CT molecular complexity index is 730. The fourth-order valence-corrected chi connectivity index (χ4v) is 2.59. The second-order valence-corrected chi connectivity index (χ2v) is 5.80. The molecular weight excluding hydrogens is 409 g/mol. The first kappa shape index (κ1) is 17.3. The Hall–Kier alpha value is -2.09. The van der Waals surface area contributed by atoms with Crippen molar-refractivity contribution in [2.24, 2.45) is 0 Å². The van der Waals surface area contributed by atoms with E-state index in [2.05, 4.69) is 27.9 Å². The van der Waals surface area contributed by atoms with Gasteiger partial charge in [-0.25, -0.2) is 4.79 Å². The largest absolute Gasteiger partial charge is 0.496 e. The van der Waals surface area contributed by atoms with Gasteiger partial charge in [-0.3, -0.25) is 4.79 Å². The van der Waals surface area contributed by atoms with E-state index in [1.54, 1.807) is 56.5 Å². The Kier molecular flexibility index (Phi) is 5.97. The number of hydrogen-bond donors (Lipinski definition) is 1. The number of carbonyl (C=O) groups is 2. The maximum absolute atomic E-state index is 12.3. The molecule has 23 heavy (non-hydrogen) atoms. The average molecular weight is 425 g/mol. The molecule has 1 N–H and O–H groups in total. The number of halogens is 1. The SMILES string of the molecule is CCC(=O)Nc1ccccc1OC(=O)c1ccc(OC)c(I)c1. The number of ether oxygens (including phenoxy) is 2. The molecule has 2 aromatic carbocycles. The van der Waals surface area contributed by atoms with E-state index >= 15 is 0 Å². The van der Waals surface area contributed by atoms with Crippen LogP contribution in [0.4, 0.5) is 5.69 Å². The van der Waals surface area contributed by atoms with Gasteiger partial charge < -0.3 is 14.8 Å². The molecule has 120 valence electrons. The van der Waals surface area contributed by atoms with E-state index in [-0.39, 0.29) is 5.91 Å². The van der Waals surface area contributed by atoms with Crippen LogP contribution in [-0.2, 0) is 4.79 Å². The van der Waals surface area contributed by atoms with Crippen LogP contribution in [0.3, 0.4) is 0 Å². The van der Waals surface area contributed by atoms with E-state index in [1.165, 1.54) is 0 Å². The summed E-state index contributed by atoms with van der Waals surface area (Å²) in [6, 6.07) is 11.9. The van der Waals surface area contributed by atoms with E-state index in [4.69, 9.17) is 9.47 Å². The summed E-state index contributed by atoms with van der Waals surface area (Å²) in [6.07, 6.45) is 0.346. The summed E-state index contributed by atoms with van der Waals surface area (Å²) in [6.45, 7) is 1.75. The number of para-hydroxylation sites is 2. The Balaban J connectivity index is 2.20. The summed E-state index contributed by atoms with van der Waals surface area (Å²) in [5.74, 6) is 0.360. The van der Waals surface area contributed by atoms with Crippen molar-refractivity contribution in [3.63, 3.8) is 0 Å². The number of benzene rings is 2. The van der Waals surface area contributed by atoms with Gasteiger partial charge in [-0.2, -0.15) is 0 Å². The van der Waals surface area contributed by atoms with Crippen LogP contribution in [-0.4, -0.2) is 19.0 Å². The molecule has 2 aromatic rings. The predicted octanol–water partition coefficient (Wildman–Crippen LogP) is 3.87. The second-order valence-electron chi connectivity index (χ2n) is 4.64. The summed E-state index contributed by atoms with van der Waals surface area (Å²) in [5.41, 5.74) is 0.878. The minimum Gasteiger partial charge on any atom is -0.496 e. The van der Waals surface area contributed by atoms with Crippen molar-refractivity contribution < 1.29 is 19.1 Å². The van der Waals surface area contributed by atoms with Gasteiger partial charge in [0.1, 0.15) is 5.75 Å². The van der Waals surface area contributed by atoms with Crippen molar-refractivity contribution in [3.8, 4) is 11.5 Å². The molecule has 0 aliphatic carbocycles. The molecule has 0 aromatic heterocycles. The Morgan fingerprint density at radius 1 is 1.13 bits per heavy atom. The number of methoxy groups -OCH3 is 1. The normalized spacial score (nSPS) is 10.0. The van der Waals surface area contributed by atoms with E-state index in [0.29, 0.717) is 29.2 Å². The lowest BCUT2D eigenvalue weighted by atomic mass is 10.2. The standard InChI is InChI=1S/C17H16INO4/c1-3-16(20)19-13-6-4-5-7-15(13)23-17(21)11-8-9-14(22-2)12(18)10-11/h4-10H,3H2,1-2H3,(H,19,20). The molecular formula is C17H16INO4. The Labute approximate surface area is 148 Å². The Morgan fingerprint density at radius 3 is 2.52 bits per heavy atom. The maximum atomic E-state index is 12.3. The Morgan fingerprint density at radius 2 is 1.87 bits per heavy atom. The van der Waals surface area contributed by atoms with E-state index in [0.717, 1.165) is 3.57 Å². The van der Waals surface area contributed by atoms with Gasteiger partial charge in [-0.1, -0.05) is 19.1 Å². The van der Waals surface area contributed by atoms with Gasteiger partial charge in [0.25, 0.3) is 0 Å². The highest BCUT2D eigenvalue weighted by atomic mass is 127. The first-order valence-corrected chi connectivity index (χ1v) is 8.07. The number of nitrogens with one attached hydrogen (secondary N) is 1. The van der Waals surface area contributed by atoms with Gasteiger partial charge in [0, 0.05) is 6.42 Å². The maximum Gasteiger partial charge on any atom is 0.343 e. The lowest BCUT2D eigenvalue weighted by molar-refractivity contribution is -0.115. The third-order valence-electron chi connectivity index (χ3n) is 3.07. The zero-order valence-electron chi connectivity index (χ0n) is 12.8. The van der Waals surface area contributed by atoms with E-state index < -0.39 is 5.97 Å². The summed E-state index contributed by atoms with van der Waals surface area (Å²) < 4.78 is 11.4. The molecule has 5 nitrogen and oxygen atoms in total. The third kappa shape index (κ3) is 4.44. The van der Waals surface area contributed by atoms with Crippen LogP contribution in [0.15, 0.2) is 42.5 Å². The van der Waals surface area contributed by atoms with Crippen molar-refractivity contribution in [2.45, 2.75) is 13.3 Å². The minimum atomic E-state index is -0.497. The molecule has 0 spiro atoms. The molecule has 0 atom stereocenters. The van der Waals surface area contributed by atoms with Crippen LogP contribution in [0.1, 0.15) is 23.7 Å². The minimum absolute atomic E-state index is 0.146. The van der Waals surface area contributed by atoms with Crippen molar-refractivity contribution in [3.05, 3.63) is 51.6 Å². The topological polar surface area (TPSA) is 64.6 Å². The molecule has 6 heteroatoms. The first-order valence-electron chi connectivity index (χ1n) is 6.99. The smallest absolute Gasteiger partial charge is 0.343 e. The van der Waals surface area contributed by atoms with Crippen molar-refractivity contribution in [1.29, 1.82) is 0 Å². The molecule has 0 aliphatic rings. The molecule has 0 aliphatic heterocycles. The molecule has 0 bridgehead atoms. The van der Waals surface area contributed by atoms with Crippen molar-refractivity contribution in [2.75, 3.05) is 12.4 Å². The van der Waals surface area contributed by atoms with Gasteiger partial charge in [-0.15, -0.1) is 0 Å². The first-order chi connectivity index (χ1) is 11.0. The lowest BCUT2D eigenvalue weighted by Gasteiger charge is -2.11. The summed E-state index contributed by atoms with van der Waals surface area (Å²) in [5, 5.41) is 2.71. The van der Waals surface area contributed by atoms with Gasteiger partial charge >= 0.3 is 5.97 Å². The van der Waals surface area contributed by atoms with Gasteiger partial charge in [0.05, 0.1) is 21.9 Å². The number of carbonyl (C=O) groups excluding carboxylic acids is 2. The van der Waals surface area contributed by atoms with Gasteiger partial charge in [-0.05, 0) is 52.9 Å². The van der Waals surface area contributed by atoms with Crippen LogP contribution >= 0.6 is 22.6 Å². The number of hydrogen-bond acceptors (Lipinski definition) is 4. The van der Waals surface area contributed by atoms with E-state index in [9.17, 15) is 9.59 Å². The van der Waals surface area contributed by atoms with Crippen LogP contribution in [0, 0.1) is 3.57 Å². The molecule has 0 fully saturated rings. The highest BCUT2D eigenvalue weighted by molar-refractivity contribution is 14.1. The van der Waals surface area contributed by atoms with Gasteiger partial charge in [0.15, 0.2) is 5.75 Å².